The normalized spacial score (nSPS) is 20.3. The molecule has 2 unspecified atom stereocenters. The van der Waals surface area contributed by atoms with E-state index in [0.717, 1.165) is 54.3 Å². The van der Waals surface area contributed by atoms with Crippen molar-refractivity contribution < 1.29 is 18.4 Å². The number of hydrogen-bond donors (Lipinski definition) is 0. The average molecular weight is 505 g/mol. The van der Waals surface area contributed by atoms with Crippen LogP contribution in [-0.4, -0.2) is 51.8 Å². The summed E-state index contributed by atoms with van der Waals surface area (Å²) in [5.41, 5.74) is 2.63. The third-order valence-corrected chi connectivity index (χ3v) is 7.40. The van der Waals surface area contributed by atoms with Crippen LogP contribution in [0.4, 0.5) is 14.5 Å². The molecule has 6 nitrogen and oxygen atoms in total. The largest absolute Gasteiger partial charge is 0.333 e. The highest BCUT2D eigenvalue weighted by Gasteiger charge is 2.37. The summed E-state index contributed by atoms with van der Waals surface area (Å²) in [5, 5.41) is 0. The summed E-state index contributed by atoms with van der Waals surface area (Å²) in [6, 6.07) is 14.7. The van der Waals surface area contributed by atoms with Crippen LogP contribution in [0, 0.1) is 11.6 Å². The minimum atomic E-state index is -0.788. The van der Waals surface area contributed by atoms with Crippen LogP contribution in [0.2, 0.25) is 0 Å². The summed E-state index contributed by atoms with van der Waals surface area (Å²) >= 11 is 0. The highest BCUT2D eigenvalue weighted by Crippen LogP contribution is 2.33. The van der Waals surface area contributed by atoms with E-state index >= 15 is 0 Å². The van der Waals surface area contributed by atoms with E-state index in [9.17, 15) is 18.4 Å². The van der Waals surface area contributed by atoms with Gasteiger partial charge >= 0.3 is 0 Å². The Morgan fingerprint density at radius 2 is 1.73 bits per heavy atom. The summed E-state index contributed by atoms with van der Waals surface area (Å²) in [4.78, 5) is 36.5. The van der Waals surface area contributed by atoms with Gasteiger partial charge in [0.2, 0.25) is 5.91 Å². The van der Waals surface area contributed by atoms with Gasteiger partial charge in [0.05, 0.1) is 0 Å². The Kier molecular flexibility index (Phi) is 7.28. The monoisotopic (exact) mass is 504 g/mol. The topological polar surface area (TPSA) is 56.8 Å². The summed E-state index contributed by atoms with van der Waals surface area (Å²) in [6.07, 6.45) is 6.21. The van der Waals surface area contributed by atoms with Crippen molar-refractivity contribution in [2.24, 2.45) is 0 Å². The van der Waals surface area contributed by atoms with E-state index in [0.29, 0.717) is 19.6 Å². The fourth-order valence-electron chi connectivity index (χ4n) is 5.65. The summed E-state index contributed by atoms with van der Waals surface area (Å²) in [7, 11) is 0. The van der Waals surface area contributed by atoms with E-state index in [2.05, 4.69) is 9.88 Å². The number of pyridine rings is 1. The fraction of sp³-hybridized carbons (Fsp3) is 0.345. The molecule has 1 aromatic heterocycles. The van der Waals surface area contributed by atoms with E-state index in [4.69, 9.17) is 0 Å². The highest BCUT2D eigenvalue weighted by atomic mass is 19.1. The van der Waals surface area contributed by atoms with Crippen molar-refractivity contribution in [1.82, 2.24) is 14.8 Å². The predicted octanol–water partition coefficient (Wildman–Crippen LogP) is 4.79. The molecule has 5 rings (SSSR count). The second kappa shape index (κ2) is 10.8. The van der Waals surface area contributed by atoms with Crippen LogP contribution in [0.25, 0.3) is 0 Å². The molecule has 0 aliphatic carbocycles. The standard InChI is InChI=1S/C29H30F2N4O2/c1-20(36)34-12-10-26-8-9-27(35(26)17-21-5-4-11-32-16-21)19-33(18-22-6-2-3-7-28(22)34)29(37)23-13-24(30)15-25(31)14-23/h2-7,11,13-16,26-27H,8-10,12,17-19H2,1H3. The maximum Gasteiger partial charge on any atom is 0.254 e. The van der Waals surface area contributed by atoms with Crippen LogP contribution in [0.5, 0.6) is 0 Å². The van der Waals surface area contributed by atoms with Crippen molar-refractivity contribution in [1.29, 1.82) is 0 Å². The smallest absolute Gasteiger partial charge is 0.254 e. The number of carbonyl (C=O) groups excluding carboxylic acids is 2. The van der Waals surface area contributed by atoms with E-state index in [1.165, 1.54) is 0 Å². The molecule has 2 amide bonds. The van der Waals surface area contributed by atoms with Gasteiger partial charge in [-0.15, -0.1) is 0 Å². The maximum atomic E-state index is 14.0. The number of amides is 2. The lowest BCUT2D eigenvalue weighted by Gasteiger charge is -2.34. The molecule has 0 spiro atoms. The molecule has 2 bridgehead atoms. The fourth-order valence-corrected chi connectivity index (χ4v) is 5.65. The van der Waals surface area contributed by atoms with Gasteiger partial charge in [0.1, 0.15) is 11.6 Å². The van der Waals surface area contributed by atoms with Crippen molar-refractivity contribution in [2.45, 2.75) is 51.4 Å². The molecule has 1 fully saturated rings. The first-order valence-electron chi connectivity index (χ1n) is 12.6. The molecule has 2 aromatic carbocycles. The molecule has 2 atom stereocenters. The first kappa shape index (κ1) is 25.0. The maximum absolute atomic E-state index is 14.0. The van der Waals surface area contributed by atoms with Gasteiger partial charge in [-0.05, 0) is 54.7 Å². The molecule has 2 aliphatic heterocycles. The van der Waals surface area contributed by atoms with Gasteiger partial charge < -0.3 is 9.80 Å². The first-order chi connectivity index (χ1) is 17.9. The average Bonchev–Trinajstić information content (AvgIpc) is 3.23. The third-order valence-electron chi connectivity index (χ3n) is 7.40. The molecule has 2 aliphatic rings. The van der Waals surface area contributed by atoms with Gasteiger partial charge in [-0.2, -0.15) is 0 Å². The zero-order valence-corrected chi connectivity index (χ0v) is 20.8. The SMILES string of the molecule is CC(=O)N1CCC2CCC(CN(C(=O)c3cc(F)cc(F)c3)Cc3ccccc31)N2Cc1cccnc1. The lowest BCUT2D eigenvalue weighted by Crippen LogP contribution is -2.45. The summed E-state index contributed by atoms with van der Waals surface area (Å²) < 4.78 is 28.1. The first-order valence-corrected chi connectivity index (χ1v) is 12.6. The Balaban J connectivity index is 1.55. The summed E-state index contributed by atoms with van der Waals surface area (Å²) in [6.45, 7) is 3.42. The molecule has 3 heterocycles. The van der Waals surface area contributed by atoms with E-state index in [1.807, 2.05) is 42.6 Å². The number of fused-ring (bicyclic) bond motifs is 3. The molecule has 0 radical (unpaired) electrons. The molecule has 3 aromatic rings. The van der Waals surface area contributed by atoms with Crippen molar-refractivity contribution in [3.63, 3.8) is 0 Å². The Morgan fingerprint density at radius 3 is 2.46 bits per heavy atom. The van der Waals surface area contributed by atoms with Gasteiger partial charge in [-0.3, -0.25) is 19.5 Å². The lowest BCUT2D eigenvalue weighted by molar-refractivity contribution is -0.116. The van der Waals surface area contributed by atoms with Crippen molar-refractivity contribution in [3.8, 4) is 0 Å². The lowest BCUT2D eigenvalue weighted by atomic mass is 10.1. The van der Waals surface area contributed by atoms with Gasteiger partial charge in [-0.1, -0.05) is 24.3 Å². The van der Waals surface area contributed by atoms with Crippen LogP contribution in [-0.2, 0) is 17.9 Å². The van der Waals surface area contributed by atoms with Crippen LogP contribution < -0.4 is 4.90 Å². The Bertz CT molecular complexity index is 1270. The molecule has 1 saturated heterocycles. The molecular weight excluding hydrogens is 474 g/mol. The van der Waals surface area contributed by atoms with Gasteiger partial charge in [-0.25, -0.2) is 8.78 Å². The van der Waals surface area contributed by atoms with Gasteiger partial charge in [0.15, 0.2) is 0 Å². The molecule has 37 heavy (non-hydrogen) atoms. The zero-order chi connectivity index (χ0) is 25.9. The number of halogens is 2. The van der Waals surface area contributed by atoms with Crippen molar-refractivity contribution in [3.05, 3.63) is 95.3 Å². The predicted molar refractivity (Wildman–Crippen MR) is 137 cm³/mol. The van der Waals surface area contributed by atoms with Crippen LogP contribution >= 0.6 is 0 Å². The van der Waals surface area contributed by atoms with E-state index in [1.54, 1.807) is 22.9 Å². The molecule has 8 heteroatoms. The number of nitrogens with zero attached hydrogens (tertiary/aromatic N) is 4. The van der Waals surface area contributed by atoms with Crippen LogP contribution in [0.15, 0.2) is 67.0 Å². The third kappa shape index (κ3) is 5.54. The minimum absolute atomic E-state index is 0.0263. The van der Waals surface area contributed by atoms with E-state index < -0.39 is 17.5 Å². The second-order valence-corrected chi connectivity index (χ2v) is 9.85. The summed E-state index contributed by atoms with van der Waals surface area (Å²) in [5.74, 6) is -2.08. The Hall–Kier alpha value is -3.65. The second-order valence-electron chi connectivity index (χ2n) is 9.85. The van der Waals surface area contributed by atoms with Crippen LogP contribution in [0.3, 0.4) is 0 Å². The van der Waals surface area contributed by atoms with Crippen molar-refractivity contribution >= 4 is 17.5 Å². The molecule has 0 saturated carbocycles. The minimum Gasteiger partial charge on any atom is -0.333 e. The zero-order valence-electron chi connectivity index (χ0n) is 20.8. The number of carbonyl (C=O) groups is 2. The van der Waals surface area contributed by atoms with Crippen molar-refractivity contribution in [2.75, 3.05) is 18.0 Å². The van der Waals surface area contributed by atoms with Gasteiger partial charge in [0.25, 0.3) is 5.91 Å². The van der Waals surface area contributed by atoms with Gasteiger partial charge in [0, 0.05) is 74.9 Å². The highest BCUT2D eigenvalue weighted by molar-refractivity contribution is 5.95. The van der Waals surface area contributed by atoms with Crippen LogP contribution in [0.1, 0.15) is 47.7 Å². The quantitative estimate of drug-likeness (QED) is 0.515. The molecule has 0 N–H and O–H groups in total. The number of benzene rings is 2. The number of anilines is 1. The Morgan fingerprint density at radius 1 is 0.973 bits per heavy atom. The number of rotatable bonds is 3. The number of hydrogen-bond acceptors (Lipinski definition) is 4. The Labute approximate surface area is 215 Å². The molecule has 192 valence electrons. The molecular formula is C29H30F2N4O2. The number of para-hydroxylation sites is 1. The van der Waals surface area contributed by atoms with E-state index in [-0.39, 0.29) is 30.1 Å². The number of aromatic nitrogens is 1.